The van der Waals surface area contributed by atoms with E-state index in [0.717, 1.165) is 0 Å². The molecule has 1 heterocycles. The third-order valence-corrected chi connectivity index (χ3v) is 2.32. The van der Waals surface area contributed by atoms with Crippen LogP contribution in [-0.4, -0.2) is 40.2 Å². The molecular weight excluding hydrogens is 248 g/mol. The first-order chi connectivity index (χ1) is 8.84. The molecule has 0 unspecified atom stereocenters. The van der Waals surface area contributed by atoms with Crippen molar-refractivity contribution < 1.29 is 14.3 Å². The minimum Gasteiger partial charge on any atom is -0.466 e. The van der Waals surface area contributed by atoms with Gasteiger partial charge in [0.05, 0.1) is 13.0 Å². The third-order valence-electron chi connectivity index (χ3n) is 2.32. The van der Waals surface area contributed by atoms with Crippen molar-refractivity contribution in [3.05, 3.63) is 11.6 Å². The van der Waals surface area contributed by atoms with E-state index in [4.69, 9.17) is 4.74 Å². The zero-order valence-electron chi connectivity index (χ0n) is 11.7. The first kappa shape index (κ1) is 15.1. The van der Waals surface area contributed by atoms with Crippen molar-refractivity contribution >= 4 is 11.9 Å². The van der Waals surface area contributed by atoms with E-state index in [-0.39, 0.29) is 30.2 Å². The summed E-state index contributed by atoms with van der Waals surface area (Å²) < 4.78 is 4.75. The number of H-pyrrole nitrogens is 1. The van der Waals surface area contributed by atoms with E-state index < -0.39 is 5.91 Å². The zero-order valence-corrected chi connectivity index (χ0v) is 11.7. The Labute approximate surface area is 112 Å². The Balaban J connectivity index is 2.46. The van der Waals surface area contributed by atoms with E-state index in [1.807, 2.05) is 20.8 Å². The molecular formula is C12H20N4O3. The molecule has 0 aliphatic heterocycles. The van der Waals surface area contributed by atoms with Crippen LogP contribution in [0.5, 0.6) is 0 Å². The fraction of sp³-hybridized carbons (Fsp3) is 0.667. The van der Waals surface area contributed by atoms with Gasteiger partial charge in [-0.05, 0) is 6.92 Å². The summed E-state index contributed by atoms with van der Waals surface area (Å²) in [4.78, 5) is 26.9. The van der Waals surface area contributed by atoms with E-state index in [0.29, 0.717) is 12.4 Å². The zero-order chi connectivity index (χ0) is 14.5. The molecule has 1 rings (SSSR count). The number of ether oxygens (including phenoxy) is 1. The highest BCUT2D eigenvalue weighted by atomic mass is 16.5. The maximum Gasteiger partial charge on any atom is 0.307 e. The predicted octanol–water partition coefficient (Wildman–Crippen LogP) is 0.785. The Morgan fingerprint density at radius 1 is 1.37 bits per heavy atom. The molecule has 1 aromatic heterocycles. The van der Waals surface area contributed by atoms with Gasteiger partial charge in [0.15, 0.2) is 0 Å². The second-order valence-corrected chi connectivity index (χ2v) is 5.07. The summed E-state index contributed by atoms with van der Waals surface area (Å²) in [6.07, 6.45) is 0.135. The second-order valence-electron chi connectivity index (χ2n) is 5.07. The topological polar surface area (TPSA) is 97.0 Å². The second kappa shape index (κ2) is 6.31. The monoisotopic (exact) mass is 268 g/mol. The smallest absolute Gasteiger partial charge is 0.307 e. The maximum atomic E-state index is 11.7. The molecule has 7 heteroatoms. The number of carbonyl (C=O) groups is 2. The summed E-state index contributed by atoms with van der Waals surface area (Å²) >= 11 is 0. The van der Waals surface area contributed by atoms with Gasteiger partial charge in [-0.3, -0.25) is 14.7 Å². The highest BCUT2D eigenvalue weighted by molar-refractivity contribution is 5.90. The number of hydrogen-bond donors (Lipinski definition) is 2. The maximum absolute atomic E-state index is 11.7. The van der Waals surface area contributed by atoms with E-state index in [1.54, 1.807) is 6.92 Å². The fourth-order valence-corrected chi connectivity index (χ4v) is 1.29. The quantitative estimate of drug-likeness (QED) is 0.769. The van der Waals surface area contributed by atoms with Crippen LogP contribution in [0.15, 0.2) is 0 Å². The molecule has 0 bridgehead atoms. The number of aromatic amines is 1. The van der Waals surface area contributed by atoms with Crippen LogP contribution in [0.2, 0.25) is 0 Å². The molecule has 0 aromatic carbocycles. The molecule has 0 saturated heterocycles. The predicted molar refractivity (Wildman–Crippen MR) is 68.7 cm³/mol. The third kappa shape index (κ3) is 4.69. The average Bonchev–Trinajstić information content (AvgIpc) is 2.78. The molecule has 0 spiro atoms. The van der Waals surface area contributed by atoms with Gasteiger partial charge in [-0.25, -0.2) is 4.98 Å². The SMILES string of the molecule is CCOC(=O)CCNC(=O)c1n[nH]c(C(C)(C)C)n1. The summed E-state index contributed by atoms with van der Waals surface area (Å²) in [7, 11) is 0. The molecule has 0 radical (unpaired) electrons. The molecule has 7 nitrogen and oxygen atoms in total. The van der Waals surface area contributed by atoms with E-state index in [9.17, 15) is 9.59 Å². The van der Waals surface area contributed by atoms with Crippen LogP contribution < -0.4 is 5.32 Å². The minimum atomic E-state index is -0.406. The molecule has 0 saturated carbocycles. The highest BCUT2D eigenvalue weighted by Crippen LogP contribution is 2.17. The van der Waals surface area contributed by atoms with Crippen molar-refractivity contribution in [2.45, 2.75) is 39.5 Å². The van der Waals surface area contributed by atoms with Crippen molar-refractivity contribution in [2.24, 2.45) is 0 Å². The van der Waals surface area contributed by atoms with Crippen molar-refractivity contribution in [1.82, 2.24) is 20.5 Å². The summed E-state index contributed by atoms with van der Waals surface area (Å²) in [6.45, 7) is 8.18. The number of rotatable bonds is 5. The van der Waals surface area contributed by atoms with Gasteiger partial charge in [0.1, 0.15) is 5.82 Å². The Morgan fingerprint density at radius 3 is 2.58 bits per heavy atom. The number of amides is 1. The normalized spacial score (nSPS) is 11.2. The lowest BCUT2D eigenvalue weighted by Gasteiger charge is -2.12. The summed E-state index contributed by atoms with van der Waals surface area (Å²) in [6, 6.07) is 0. The fourth-order valence-electron chi connectivity index (χ4n) is 1.29. The number of esters is 1. The van der Waals surface area contributed by atoms with Crippen LogP contribution in [-0.2, 0) is 14.9 Å². The molecule has 106 valence electrons. The molecule has 0 atom stereocenters. The average molecular weight is 268 g/mol. The van der Waals surface area contributed by atoms with Crippen LogP contribution in [0.25, 0.3) is 0 Å². The minimum absolute atomic E-state index is 0.0776. The Kier molecular flexibility index (Phi) is 5.02. The van der Waals surface area contributed by atoms with E-state index >= 15 is 0 Å². The lowest BCUT2D eigenvalue weighted by atomic mass is 9.96. The molecule has 2 N–H and O–H groups in total. The number of aromatic nitrogens is 3. The van der Waals surface area contributed by atoms with Gasteiger partial charge in [0, 0.05) is 12.0 Å². The van der Waals surface area contributed by atoms with Crippen molar-refractivity contribution in [2.75, 3.05) is 13.2 Å². The van der Waals surface area contributed by atoms with Gasteiger partial charge in [-0.2, -0.15) is 0 Å². The highest BCUT2D eigenvalue weighted by Gasteiger charge is 2.21. The standard InChI is InChI=1S/C12H20N4O3/c1-5-19-8(17)6-7-13-10(18)9-14-11(16-15-9)12(2,3)4/h5-7H2,1-4H3,(H,13,18)(H,14,15,16). The number of carbonyl (C=O) groups excluding carboxylic acids is 2. The first-order valence-corrected chi connectivity index (χ1v) is 6.21. The molecule has 0 fully saturated rings. The number of nitrogens with zero attached hydrogens (tertiary/aromatic N) is 2. The van der Waals surface area contributed by atoms with Gasteiger partial charge in [0.2, 0.25) is 5.82 Å². The van der Waals surface area contributed by atoms with Crippen molar-refractivity contribution in [1.29, 1.82) is 0 Å². The van der Waals surface area contributed by atoms with Crippen LogP contribution in [0, 0.1) is 0 Å². The van der Waals surface area contributed by atoms with E-state index in [2.05, 4.69) is 20.5 Å². The van der Waals surface area contributed by atoms with Gasteiger partial charge in [-0.15, -0.1) is 5.10 Å². The molecule has 19 heavy (non-hydrogen) atoms. The molecule has 0 aliphatic rings. The van der Waals surface area contributed by atoms with Crippen LogP contribution in [0.4, 0.5) is 0 Å². The van der Waals surface area contributed by atoms with Crippen LogP contribution in [0.1, 0.15) is 50.6 Å². The number of nitrogens with one attached hydrogen (secondary N) is 2. The van der Waals surface area contributed by atoms with Crippen LogP contribution in [0.3, 0.4) is 0 Å². The van der Waals surface area contributed by atoms with Gasteiger partial charge in [0.25, 0.3) is 5.91 Å². The first-order valence-electron chi connectivity index (χ1n) is 6.21. The molecule has 1 amide bonds. The van der Waals surface area contributed by atoms with E-state index in [1.165, 1.54) is 0 Å². The van der Waals surface area contributed by atoms with Gasteiger partial charge in [-0.1, -0.05) is 20.8 Å². The van der Waals surface area contributed by atoms with Crippen molar-refractivity contribution in [3.8, 4) is 0 Å². The Morgan fingerprint density at radius 2 is 2.05 bits per heavy atom. The largest absolute Gasteiger partial charge is 0.466 e. The Hall–Kier alpha value is -1.92. The summed E-state index contributed by atoms with van der Waals surface area (Å²) in [5, 5.41) is 9.15. The summed E-state index contributed by atoms with van der Waals surface area (Å²) in [5.74, 6) is -0.0268. The molecule has 0 aliphatic carbocycles. The van der Waals surface area contributed by atoms with Crippen LogP contribution >= 0.6 is 0 Å². The lowest BCUT2D eigenvalue weighted by Crippen LogP contribution is -2.27. The van der Waals surface area contributed by atoms with Gasteiger partial charge >= 0.3 is 5.97 Å². The summed E-state index contributed by atoms with van der Waals surface area (Å²) in [5.41, 5.74) is -0.198. The lowest BCUT2D eigenvalue weighted by molar-refractivity contribution is -0.142. The number of hydrogen-bond acceptors (Lipinski definition) is 5. The van der Waals surface area contributed by atoms with Crippen molar-refractivity contribution in [3.63, 3.8) is 0 Å². The molecule has 1 aromatic rings. The van der Waals surface area contributed by atoms with Gasteiger partial charge < -0.3 is 10.1 Å². The Bertz CT molecular complexity index is 448.